The number of rotatable bonds is 4. The number of hydrogen-bond donors (Lipinski definition) is 2. The number of nitrogens with zero attached hydrogens (tertiary/aromatic N) is 2. The molecule has 1 amide bonds. The van der Waals surface area contributed by atoms with Gasteiger partial charge in [0.2, 0.25) is 5.91 Å². The summed E-state index contributed by atoms with van der Waals surface area (Å²) in [4.78, 5) is 36.7. The topological polar surface area (TPSA) is 115 Å². The molecular formula is C10H13N3O4. The Kier molecular flexibility index (Phi) is 3.62. The molecule has 1 aromatic heterocycles. The first kappa shape index (κ1) is 12.9. The molecule has 0 aliphatic rings. The molecule has 0 unspecified atom stereocenters. The maximum absolute atomic E-state index is 11.5. The summed E-state index contributed by atoms with van der Waals surface area (Å²) < 4.78 is 1.08. The van der Waals surface area contributed by atoms with Crippen LogP contribution in [0, 0.1) is 13.8 Å². The van der Waals surface area contributed by atoms with E-state index in [1.165, 1.54) is 0 Å². The monoisotopic (exact) mass is 239 g/mol. The molecule has 1 heterocycles. The quantitative estimate of drug-likeness (QED) is 0.697. The predicted molar refractivity (Wildman–Crippen MR) is 58.5 cm³/mol. The number of carbonyl (C=O) groups excluding carboxylic acids is 1. The van der Waals surface area contributed by atoms with Gasteiger partial charge in [-0.3, -0.25) is 14.2 Å². The summed E-state index contributed by atoms with van der Waals surface area (Å²) in [5, 5.41) is 8.75. The van der Waals surface area contributed by atoms with Crippen LogP contribution in [0.2, 0.25) is 0 Å². The highest BCUT2D eigenvalue weighted by atomic mass is 16.4. The maximum Gasteiger partial charge on any atom is 0.348 e. The highest BCUT2D eigenvalue weighted by Crippen LogP contribution is 2.10. The van der Waals surface area contributed by atoms with Gasteiger partial charge < -0.3 is 10.8 Å². The van der Waals surface area contributed by atoms with E-state index in [1.807, 2.05) is 0 Å². The van der Waals surface area contributed by atoms with Crippen LogP contribution in [0.1, 0.15) is 17.0 Å². The smallest absolute Gasteiger partial charge is 0.348 e. The predicted octanol–water partition coefficient (Wildman–Crippen LogP) is -1.03. The van der Waals surface area contributed by atoms with Gasteiger partial charge in [0.15, 0.2) is 0 Å². The third-order valence-corrected chi connectivity index (χ3v) is 2.41. The second kappa shape index (κ2) is 4.77. The summed E-state index contributed by atoms with van der Waals surface area (Å²) in [5.41, 5.74) is 5.60. The first-order chi connectivity index (χ1) is 7.82. The Bertz CT molecular complexity index is 533. The fraction of sp³-hybridized carbons (Fsp3) is 0.400. The minimum absolute atomic E-state index is 0.246. The Hall–Kier alpha value is -2.18. The summed E-state index contributed by atoms with van der Waals surface area (Å²) in [6.45, 7) is 2.82. The van der Waals surface area contributed by atoms with Crippen molar-refractivity contribution < 1.29 is 14.7 Å². The average Bonchev–Trinajstić information content (AvgIpc) is 2.18. The lowest BCUT2D eigenvalue weighted by molar-refractivity contribution is -0.136. The molecule has 0 aliphatic heterocycles. The van der Waals surface area contributed by atoms with Crippen molar-refractivity contribution in [3.63, 3.8) is 0 Å². The van der Waals surface area contributed by atoms with Gasteiger partial charge in [-0.25, -0.2) is 4.79 Å². The van der Waals surface area contributed by atoms with Gasteiger partial charge >= 0.3 is 11.7 Å². The van der Waals surface area contributed by atoms with Crippen molar-refractivity contribution in [3.05, 3.63) is 27.4 Å². The SMILES string of the molecule is Cc1nc(=O)n(CC(N)=O)c(C)c1CC(=O)O. The lowest BCUT2D eigenvalue weighted by Crippen LogP contribution is -2.33. The molecule has 1 rings (SSSR count). The van der Waals surface area contributed by atoms with Gasteiger partial charge in [-0.2, -0.15) is 4.98 Å². The van der Waals surface area contributed by atoms with Crippen LogP contribution in [0.15, 0.2) is 4.79 Å². The molecule has 0 radical (unpaired) electrons. The molecule has 0 saturated carbocycles. The maximum atomic E-state index is 11.5. The Morgan fingerprint density at radius 2 is 2.00 bits per heavy atom. The fourth-order valence-electron chi connectivity index (χ4n) is 1.59. The second-order valence-electron chi connectivity index (χ2n) is 3.67. The Morgan fingerprint density at radius 1 is 1.41 bits per heavy atom. The molecular weight excluding hydrogens is 226 g/mol. The highest BCUT2D eigenvalue weighted by molar-refractivity contribution is 5.74. The van der Waals surface area contributed by atoms with Gasteiger partial charge in [0.1, 0.15) is 6.54 Å². The van der Waals surface area contributed by atoms with Crippen LogP contribution in [0.5, 0.6) is 0 Å². The number of amides is 1. The van der Waals surface area contributed by atoms with Gasteiger partial charge in [0.25, 0.3) is 0 Å². The van der Waals surface area contributed by atoms with Crippen molar-refractivity contribution in [1.82, 2.24) is 9.55 Å². The third-order valence-electron chi connectivity index (χ3n) is 2.41. The number of primary amides is 1. The molecule has 3 N–H and O–H groups in total. The minimum atomic E-state index is -1.03. The molecule has 17 heavy (non-hydrogen) atoms. The summed E-state index contributed by atoms with van der Waals surface area (Å²) in [6, 6.07) is 0. The molecule has 7 heteroatoms. The van der Waals surface area contributed by atoms with Gasteiger partial charge in [-0.1, -0.05) is 0 Å². The Labute approximate surface area is 96.9 Å². The van der Waals surface area contributed by atoms with E-state index in [0.29, 0.717) is 17.0 Å². The van der Waals surface area contributed by atoms with E-state index in [1.54, 1.807) is 13.8 Å². The summed E-state index contributed by atoms with van der Waals surface area (Å²) in [6.07, 6.45) is -0.246. The van der Waals surface area contributed by atoms with Crippen LogP contribution in [-0.4, -0.2) is 26.5 Å². The fourth-order valence-corrected chi connectivity index (χ4v) is 1.59. The number of hydrogen-bond acceptors (Lipinski definition) is 4. The van der Waals surface area contributed by atoms with E-state index in [4.69, 9.17) is 10.8 Å². The van der Waals surface area contributed by atoms with E-state index in [9.17, 15) is 14.4 Å². The van der Waals surface area contributed by atoms with Crippen molar-refractivity contribution >= 4 is 11.9 Å². The minimum Gasteiger partial charge on any atom is -0.481 e. The van der Waals surface area contributed by atoms with Crippen LogP contribution in [0.3, 0.4) is 0 Å². The molecule has 0 aliphatic carbocycles. The molecule has 1 aromatic rings. The first-order valence-electron chi connectivity index (χ1n) is 4.90. The van der Waals surface area contributed by atoms with Crippen LogP contribution >= 0.6 is 0 Å². The molecule has 0 saturated heterocycles. The molecule has 0 atom stereocenters. The zero-order valence-electron chi connectivity index (χ0n) is 9.56. The summed E-state index contributed by atoms with van der Waals surface area (Å²) in [5.74, 6) is -1.70. The standard InChI is InChI=1S/C10H13N3O4/c1-5-7(3-9(15)16)6(2)13(4-8(11)14)10(17)12-5/h3-4H2,1-2H3,(H2,11,14)(H,15,16). The normalized spacial score (nSPS) is 10.2. The Balaban J connectivity index is 3.37. The average molecular weight is 239 g/mol. The van der Waals surface area contributed by atoms with Crippen LogP contribution in [-0.2, 0) is 22.6 Å². The van der Waals surface area contributed by atoms with Crippen LogP contribution in [0.25, 0.3) is 0 Å². The van der Waals surface area contributed by atoms with Gasteiger partial charge in [-0.05, 0) is 13.8 Å². The van der Waals surface area contributed by atoms with Gasteiger partial charge in [0, 0.05) is 17.0 Å². The number of aliphatic carboxylic acids is 1. The van der Waals surface area contributed by atoms with E-state index in [0.717, 1.165) is 4.57 Å². The number of carbonyl (C=O) groups is 2. The molecule has 92 valence electrons. The molecule has 0 fully saturated rings. The summed E-state index contributed by atoms with van der Waals surface area (Å²) >= 11 is 0. The first-order valence-corrected chi connectivity index (χ1v) is 4.90. The number of nitrogens with two attached hydrogens (primary N) is 1. The van der Waals surface area contributed by atoms with Crippen molar-refractivity contribution in [2.24, 2.45) is 5.73 Å². The molecule has 7 nitrogen and oxygen atoms in total. The number of aryl methyl sites for hydroxylation is 1. The third kappa shape index (κ3) is 2.90. The Morgan fingerprint density at radius 3 is 2.47 bits per heavy atom. The van der Waals surface area contributed by atoms with E-state index in [-0.39, 0.29) is 13.0 Å². The van der Waals surface area contributed by atoms with E-state index >= 15 is 0 Å². The lowest BCUT2D eigenvalue weighted by Gasteiger charge is -2.12. The van der Waals surface area contributed by atoms with Gasteiger partial charge in [-0.15, -0.1) is 0 Å². The number of carboxylic acids is 1. The zero-order chi connectivity index (χ0) is 13.2. The molecule has 0 aromatic carbocycles. The van der Waals surface area contributed by atoms with E-state index in [2.05, 4.69) is 4.98 Å². The largest absolute Gasteiger partial charge is 0.481 e. The second-order valence-corrected chi connectivity index (χ2v) is 3.67. The highest BCUT2D eigenvalue weighted by Gasteiger charge is 2.14. The van der Waals surface area contributed by atoms with E-state index < -0.39 is 17.6 Å². The lowest BCUT2D eigenvalue weighted by atomic mass is 10.1. The summed E-state index contributed by atoms with van der Waals surface area (Å²) in [7, 11) is 0. The van der Waals surface area contributed by atoms with Crippen molar-refractivity contribution in [1.29, 1.82) is 0 Å². The zero-order valence-corrected chi connectivity index (χ0v) is 9.56. The van der Waals surface area contributed by atoms with Gasteiger partial charge in [0.05, 0.1) is 6.42 Å². The van der Waals surface area contributed by atoms with Crippen molar-refractivity contribution in [3.8, 4) is 0 Å². The van der Waals surface area contributed by atoms with Crippen LogP contribution in [0.4, 0.5) is 0 Å². The molecule has 0 bridgehead atoms. The number of carboxylic acid groups (broad SMARTS) is 1. The van der Waals surface area contributed by atoms with Crippen molar-refractivity contribution in [2.45, 2.75) is 26.8 Å². The molecule has 0 spiro atoms. The number of aromatic nitrogens is 2. The van der Waals surface area contributed by atoms with Crippen molar-refractivity contribution in [2.75, 3.05) is 0 Å². The van der Waals surface area contributed by atoms with Crippen LogP contribution < -0.4 is 11.4 Å².